The number of halogens is 1. The topological polar surface area (TPSA) is 32.3 Å². The van der Waals surface area contributed by atoms with E-state index in [-0.39, 0.29) is 11.7 Å². The highest BCUT2D eigenvalue weighted by Crippen LogP contribution is 2.19. The molecule has 1 aromatic carbocycles. The number of piperidine rings is 1. The summed E-state index contributed by atoms with van der Waals surface area (Å²) in [4.78, 5) is 13.6. The molecular weight excluding hydrogens is 243 g/mol. The SMILES string of the molecule is CN(C(=O)CCC1CCCNC1)c1cccc(F)c1. The van der Waals surface area contributed by atoms with Gasteiger partial charge in [-0.3, -0.25) is 4.79 Å². The second kappa shape index (κ2) is 6.66. The van der Waals surface area contributed by atoms with E-state index in [1.807, 2.05) is 0 Å². The van der Waals surface area contributed by atoms with E-state index in [2.05, 4.69) is 5.32 Å². The molecule has 19 heavy (non-hydrogen) atoms. The summed E-state index contributed by atoms with van der Waals surface area (Å²) in [6, 6.07) is 6.15. The number of nitrogens with one attached hydrogen (secondary N) is 1. The number of hydrogen-bond acceptors (Lipinski definition) is 2. The third kappa shape index (κ3) is 4.03. The number of carbonyl (C=O) groups is 1. The van der Waals surface area contributed by atoms with Gasteiger partial charge in [0.05, 0.1) is 0 Å². The maximum Gasteiger partial charge on any atom is 0.226 e. The first-order valence-electron chi connectivity index (χ1n) is 6.89. The number of rotatable bonds is 4. The van der Waals surface area contributed by atoms with Crippen LogP contribution in [-0.2, 0) is 4.79 Å². The van der Waals surface area contributed by atoms with E-state index in [4.69, 9.17) is 0 Å². The van der Waals surface area contributed by atoms with Gasteiger partial charge in [-0.05, 0) is 56.5 Å². The van der Waals surface area contributed by atoms with Crippen molar-refractivity contribution in [2.75, 3.05) is 25.0 Å². The Kier molecular flexibility index (Phi) is 4.91. The molecule has 0 spiro atoms. The first-order valence-corrected chi connectivity index (χ1v) is 6.89. The summed E-state index contributed by atoms with van der Waals surface area (Å²) in [6.45, 7) is 2.10. The van der Waals surface area contributed by atoms with Crippen molar-refractivity contribution in [1.82, 2.24) is 5.32 Å². The van der Waals surface area contributed by atoms with E-state index in [1.54, 1.807) is 24.1 Å². The molecule has 1 N–H and O–H groups in total. The van der Waals surface area contributed by atoms with Gasteiger partial charge in [0.25, 0.3) is 0 Å². The highest BCUT2D eigenvalue weighted by molar-refractivity contribution is 5.92. The van der Waals surface area contributed by atoms with Crippen molar-refractivity contribution in [1.29, 1.82) is 0 Å². The Morgan fingerprint density at radius 3 is 3.05 bits per heavy atom. The molecule has 104 valence electrons. The van der Waals surface area contributed by atoms with E-state index in [0.29, 0.717) is 18.0 Å². The largest absolute Gasteiger partial charge is 0.316 e. The number of carbonyl (C=O) groups excluding carboxylic acids is 1. The van der Waals surface area contributed by atoms with E-state index in [1.165, 1.54) is 25.0 Å². The van der Waals surface area contributed by atoms with Crippen LogP contribution in [0.2, 0.25) is 0 Å². The molecule has 3 nitrogen and oxygen atoms in total. The van der Waals surface area contributed by atoms with Crippen LogP contribution in [0, 0.1) is 11.7 Å². The van der Waals surface area contributed by atoms with Crippen LogP contribution in [0.15, 0.2) is 24.3 Å². The van der Waals surface area contributed by atoms with E-state index >= 15 is 0 Å². The monoisotopic (exact) mass is 264 g/mol. The van der Waals surface area contributed by atoms with Gasteiger partial charge in [-0.15, -0.1) is 0 Å². The molecule has 1 heterocycles. The highest BCUT2D eigenvalue weighted by atomic mass is 19.1. The van der Waals surface area contributed by atoms with Crippen LogP contribution in [0.4, 0.5) is 10.1 Å². The summed E-state index contributed by atoms with van der Waals surface area (Å²) >= 11 is 0. The minimum absolute atomic E-state index is 0.0520. The minimum atomic E-state index is -0.311. The molecule has 1 atom stereocenters. The molecule has 0 bridgehead atoms. The summed E-state index contributed by atoms with van der Waals surface area (Å²) < 4.78 is 13.1. The number of anilines is 1. The Balaban J connectivity index is 1.85. The van der Waals surface area contributed by atoms with Gasteiger partial charge in [0.2, 0.25) is 5.91 Å². The third-order valence-electron chi connectivity index (χ3n) is 3.73. The lowest BCUT2D eigenvalue weighted by Gasteiger charge is -2.23. The Morgan fingerprint density at radius 1 is 1.53 bits per heavy atom. The zero-order valence-electron chi connectivity index (χ0n) is 11.4. The predicted molar refractivity (Wildman–Crippen MR) is 74.6 cm³/mol. The third-order valence-corrected chi connectivity index (χ3v) is 3.73. The predicted octanol–water partition coefficient (Wildman–Crippen LogP) is 2.57. The van der Waals surface area contributed by atoms with Gasteiger partial charge >= 0.3 is 0 Å². The average Bonchev–Trinajstić information content (AvgIpc) is 2.45. The van der Waals surface area contributed by atoms with Crippen LogP contribution in [0.25, 0.3) is 0 Å². The van der Waals surface area contributed by atoms with Crippen molar-refractivity contribution in [3.05, 3.63) is 30.1 Å². The highest BCUT2D eigenvalue weighted by Gasteiger charge is 2.17. The van der Waals surface area contributed by atoms with Gasteiger partial charge in [-0.1, -0.05) is 6.07 Å². The average molecular weight is 264 g/mol. The van der Waals surface area contributed by atoms with E-state index in [0.717, 1.165) is 19.5 Å². The summed E-state index contributed by atoms with van der Waals surface area (Å²) in [5, 5.41) is 3.35. The van der Waals surface area contributed by atoms with Crippen molar-refractivity contribution in [2.24, 2.45) is 5.92 Å². The zero-order valence-corrected chi connectivity index (χ0v) is 11.4. The number of hydrogen-bond donors (Lipinski definition) is 1. The van der Waals surface area contributed by atoms with Gasteiger partial charge in [-0.25, -0.2) is 4.39 Å². The molecular formula is C15H21FN2O. The van der Waals surface area contributed by atoms with Gasteiger partial charge in [0, 0.05) is 19.2 Å². The molecule has 1 aliphatic heterocycles. The van der Waals surface area contributed by atoms with Crippen LogP contribution < -0.4 is 10.2 Å². The summed E-state index contributed by atoms with van der Waals surface area (Å²) in [5.41, 5.74) is 0.617. The maximum absolute atomic E-state index is 13.1. The number of nitrogens with zero attached hydrogens (tertiary/aromatic N) is 1. The molecule has 2 rings (SSSR count). The lowest BCUT2D eigenvalue weighted by molar-refractivity contribution is -0.118. The number of amides is 1. The smallest absolute Gasteiger partial charge is 0.226 e. The Bertz CT molecular complexity index is 430. The standard InChI is InChI=1S/C15H21FN2O/c1-18(14-6-2-5-13(16)10-14)15(19)8-7-12-4-3-9-17-11-12/h2,5-6,10,12,17H,3-4,7-9,11H2,1H3. The fourth-order valence-corrected chi connectivity index (χ4v) is 2.49. The molecule has 0 aromatic heterocycles. The normalized spacial score (nSPS) is 19.2. The van der Waals surface area contributed by atoms with Crippen molar-refractivity contribution in [2.45, 2.75) is 25.7 Å². The molecule has 1 fully saturated rings. The van der Waals surface area contributed by atoms with E-state index in [9.17, 15) is 9.18 Å². The molecule has 0 aliphatic carbocycles. The molecule has 0 radical (unpaired) electrons. The lowest BCUT2D eigenvalue weighted by atomic mass is 9.94. The number of benzene rings is 1. The fourth-order valence-electron chi connectivity index (χ4n) is 2.49. The molecule has 4 heteroatoms. The van der Waals surface area contributed by atoms with Crippen LogP contribution in [-0.4, -0.2) is 26.0 Å². The Morgan fingerprint density at radius 2 is 2.37 bits per heavy atom. The van der Waals surface area contributed by atoms with Crippen LogP contribution in [0.5, 0.6) is 0 Å². The molecule has 1 amide bonds. The molecule has 1 aliphatic rings. The molecule has 1 aromatic rings. The lowest BCUT2D eigenvalue weighted by Crippen LogP contribution is -2.32. The zero-order chi connectivity index (χ0) is 13.7. The van der Waals surface area contributed by atoms with Crippen molar-refractivity contribution in [3.8, 4) is 0 Å². The summed E-state index contributed by atoms with van der Waals surface area (Å²) in [5.74, 6) is 0.336. The quantitative estimate of drug-likeness (QED) is 0.906. The van der Waals surface area contributed by atoms with Gasteiger partial charge in [0.15, 0.2) is 0 Å². The fraction of sp³-hybridized carbons (Fsp3) is 0.533. The van der Waals surface area contributed by atoms with Gasteiger partial charge in [-0.2, -0.15) is 0 Å². The first-order chi connectivity index (χ1) is 9.16. The maximum atomic E-state index is 13.1. The molecule has 0 saturated carbocycles. The van der Waals surface area contributed by atoms with Crippen molar-refractivity contribution >= 4 is 11.6 Å². The second-order valence-corrected chi connectivity index (χ2v) is 5.18. The van der Waals surface area contributed by atoms with Crippen LogP contribution in [0.3, 0.4) is 0 Å². The van der Waals surface area contributed by atoms with Crippen LogP contribution in [0.1, 0.15) is 25.7 Å². The van der Waals surface area contributed by atoms with Crippen molar-refractivity contribution < 1.29 is 9.18 Å². The summed E-state index contributed by atoms with van der Waals surface area (Å²) in [6.07, 6.45) is 3.83. The molecule has 1 saturated heterocycles. The van der Waals surface area contributed by atoms with Crippen LogP contribution >= 0.6 is 0 Å². The van der Waals surface area contributed by atoms with Crippen molar-refractivity contribution in [3.63, 3.8) is 0 Å². The van der Waals surface area contributed by atoms with Gasteiger partial charge in [0.1, 0.15) is 5.82 Å². The first kappa shape index (κ1) is 14.0. The summed E-state index contributed by atoms with van der Waals surface area (Å²) in [7, 11) is 1.70. The van der Waals surface area contributed by atoms with Gasteiger partial charge < -0.3 is 10.2 Å². The Hall–Kier alpha value is -1.42. The second-order valence-electron chi connectivity index (χ2n) is 5.18. The minimum Gasteiger partial charge on any atom is -0.316 e. The Labute approximate surface area is 113 Å². The molecule has 1 unspecified atom stereocenters. The van der Waals surface area contributed by atoms with E-state index < -0.39 is 0 Å².